The number of rotatable bonds is 5. The molecule has 4 heterocycles. The summed E-state index contributed by atoms with van der Waals surface area (Å²) in [5, 5.41) is 4.22. The molecule has 0 aliphatic carbocycles. The standard InChI is InChI=1S/C18H23N7S/c1-13-10-22-18(26-13)23-17-16(20-5-6-21-17)14-4-3-8-25(11-14)12-15-19-7-9-24(15)2/h5-7,9-10,14H,3-4,8,11-12H2,1-2H3,(H,21,22,23). The van der Waals surface area contributed by atoms with Crippen molar-refractivity contribution < 1.29 is 0 Å². The molecule has 0 bridgehead atoms. The normalized spacial score (nSPS) is 18.2. The minimum atomic E-state index is 0.362. The van der Waals surface area contributed by atoms with E-state index in [1.54, 1.807) is 23.7 Å². The smallest absolute Gasteiger partial charge is 0.188 e. The Hall–Kier alpha value is -2.32. The highest BCUT2D eigenvalue weighted by atomic mass is 32.1. The molecule has 26 heavy (non-hydrogen) atoms. The molecule has 0 radical (unpaired) electrons. The maximum Gasteiger partial charge on any atom is 0.188 e. The molecule has 8 heteroatoms. The van der Waals surface area contributed by atoms with Crippen molar-refractivity contribution in [3.63, 3.8) is 0 Å². The van der Waals surface area contributed by atoms with Crippen LogP contribution in [-0.4, -0.2) is 42.5 Å². The van der Waals surface area contributed by atoms with Crippen molar-refractivity contribution in [2.45, 2.75) is 32.2 Å². The highest BCUT2D eigenvalue weighted by molar-refractivity contribution is 7.15. The van der Waals surface area contributed by atoms with Gasteiger partial charge in [0.2, 0.25) is 0 Å². The van der Waals surface area contributed by atoms with Crippen molar-refractivity contribution in [2.24, 2.45) is 7.05 Å². The third-order valence-corrected chi connectivity index (χ3v) is 5.58. The van der Waals surface area contributed by atoms with E-state index in [0.29, 0.717) is 5.92 Å². The summed E-state index contributed by atoms with van der Waals surface area (Å²) in [7, 11) is 2.05. The van der Waals surface area contributed by atoms with E-state index < -0.39 is 0 Å². The van der Waals surface area contributed by atoms with Crippen LogP contribution in [0, 0.1) is 6.92 Å². The number of hydrogen-bond acceptors (Lipinski definition) is 7. The summed E-state index contributed by atoms with van der Waals surface area (Å²) in [5.74, 6) is 2.29. The van der Waals surface area contributed by atoms with Crippen LogP contribution in [0.2, 0.25) is 0 Å². The largest absolute Gasteiger partial charge is 0.337 e. The molecular formula is C18H23N7S. The van der Waals surface area contributed by atoms with Crippen LogP contribution in [0.3, 0.4) is 0 Å². The Kier molecular flexibility index (Phi) is 4.94. The minimum Gasteiger partial charge on any atom is -0.337 e. The Morgan fingerprint density at radius 3 is 2.85 bits per heavy atom. The Bertz CT molecular complexity index is 872. The fourth-order valence-corrected chi connectivity index (χ4v) is 4.09. The van der Waals surface area contributed by atoms with Crippen LogP contribution in [0.25, 0.3) is 0 Å². The number of nitrogens with zero attached hydrogens (tertiary/aromatic N) is 6. The van der Waals surface area contributed by atoms with Gasteiger partial charge in [0.25, 0.3) is 0 Å². The number of likely N-dealkylation sites (tertiary alicyclic amines) is 1. The van der Waals surface area contributed by atoms with Gasteiger partial charge >= 0.3 is 0 Å². The molecule has 1 N–H and O–H groups in total. The summed E-state index contributed by atoms with van der Waals surface area (Å²) < 4.78 is 2.09. The lowest BCUT2D eigenvalue weighted by molar-refractivity contribution is 0.193. The second kappa shape index (κ2) is 7.51. The van der Waals surface area contributed by atoms with E-state index in [9.17, 15) is 0 Å². The Labute approximate surface area is 157 Å². The summed E-state index contributed by atoms with van der Waals surface area (Å²) in [4.78, 5) is 21.7. The topological polar surface area (TPSA) is 71.8 Å². The number of anilines is 2. The van der Waals surface area contributed by atoms with E-state index in [4.69, 9.17) is 0 Å². The van der Waals surface area contributed by atoms with Gasteiger partial charge in [0.1, 0.15) is 5.82 Å². The summed E-state index contributed by atoms with van der Waals surface area (Å²) in [5.41, 5.74) is 1.03. The van der Waals surface area contributed by atoms with Gasteiger partial charge in [0.05, 0.1) is 12.2 Å². The minimum absolute atomic E-state index is 0.362. The average molecular weight is 369 g/mol. The van der Waals surface area contributed by atoms with Crippen LogP contribution < -0.4 is 5.32 Å². The number of hydrogen-bond donors (Lipinski definition) is 1. The predicted molar refractivity (Wildman–Crippen MR) is 103 cm³/mol. The SMILES string of the molecule is Cc1cnc(Nc2nccnc2C2CCCN(Cc3nccn3C)C2)s1. The Morgan fingerprint density at radius 2 is 2.08 bits per heavy atom. The number of aromatic nitrogens is 5. The molecule has 1 saturated heterocycles. The first-order valence-corrected chi connectivity index (χ1v) is 9.69. The van der Waals surface area contributed by atoms with Crippen LogP contribution in [0.4, 0.5) is 10.9 Å². The molecule has 1 atom stereocenters. The van der Waals surface area contributed by atoms with Crippen molar-refractivity contribution in [3.8, 4) is 0 Å². The number of nitrogens with one attached hydrogen (secondary N) is 1. The second-order valence-electron chi connectivity index (χ2n) is 6.72. The van der Waals surface area contributed by atoms with Gasteiger partial charge in [-0.3, -0.25) is 9.88 Å². The van der Waals surface area contributed by atoms with Crippen LogP contribution in [0.1, 0.15) is 35.2 Å². The van der Waals surface area contributed by atoms with Crippen LogP contribution in [-0.2, 0) is 13.6 Å². The van der Waals surface area contributed by atoms with Gasteiger partial charge in [-0.2, -0.15) is 0 Å². The number of aryl methyl sites for hydroxylation is 2. The molecule has 1 aliphatic heterocycles. The average Bonchev–Trinajstić information content (AvgIpc) is 3.24. The quantitative estimate of drug-likeness (QED) is 0.745. The predicted octanol–water partition coefficient (Wildman–Crippen LogP) is 3.10. The third-order valence-electron chi connectivity index (χ3n) is 4.75. The van der Waals surface area contributed by atoms with Gasteiger partial charge in [-0.25, -0.2) is 15.0 Å². The molecule has 136 valence electrons. The Balaban J connectivity index is 1.50. The summed E-state index contributed by atoms with van der Waals surface area (Å²) in [6.07, 6.45) is 11.5. The maximum atomic E-state index is 4.66. The van der Waals surface area contributed by atoms with Crippen LogP contribution in [0.5, 0.6) is 0 Å². The van der Waals surface area contributed by atoms with Gasteiger partial charge in [-0.05, 0) is 26.3 Å². The van der Waals surface area contributed by atoms with Gasteiger partial charge in [0.15, 0.2) is 10.9 Å². The molecule has 7 nitrogen and oxygen atoms in total. The van der Waals surface area contributed by atoms with Gasteiger partial charge in [-0.1, -0.05) is 0 Å². The first-order valence-electron chi connectivity index (χ1n) is 8.88. The van der Waals surface area contributed by atoms with E-state index in [1.807, 2.05) is 25.6 Å². The monoisotopic (exact) mass is 369 g/mol. The van der Waals surface area contributed by atoms with E-state index in [0.717, 1.165) is 54.9 Å². The lowest BCUT2D eigenvalue weighted by Gasteiger charge is -2.32. The van der Waals surface area contributed by atoms with Gasteiger partial charge < -0.3 is 9.88 Å². The second-order valence-corrected chi connectivity index (χ2v) is 7.95. The van der Waals surface area contributed by atoms with Crippen molar-refractivity contribution >= 4 is 22.3 Å². The summed E-state index contributed by atoms with van der Waals surface area (Å²) >= 11 is 1.63. The lowest BCUT2D eigenvalue weighted by Crippen LogP contribution is -2.35. The summed E-state index contributed by atoms with van der Waals surface area (Å²) in [6, 6.07) is 0. The molecule has 3 aromatic rings. The van der Waals surface area contributed by atoms with Crippen molar-refractivity contribution in [2.75, 3.05) is 18.4 Å². The van der Waals surface area contributed by atoms with Crippen LogP contribution in [0.15, 0.2) is 31.0 Å². The number of thiazole rings is 1. The zero-order chi connectivity index (χ0) is 17.9. The molecule has 0 amide bonds. The maximum absolute atomic E-state index is 4.66. The molecule has 1 fully saturated rings. The molecule has 0 spiro atoms. The zero-order valence-electron chi connectivity index (χ0n) is 15.1. The fraction of sp³-hybridized carbons (Fsp3) is 0.444. The van der Waals surface area contributed by atoms with Crippen molar-refractivity contribution in [1.82, 2.24) is 29.4 Å². The highest BCUT2D eigenvalue weighted by Crippen LogP contribution is 2.31. The van der Waals surface area contributed by atoms with Crippen LogP contribution >= 0.6 is 11.3 Å². The molecule has 1 unspecified atom stereocenters. The van der Waals surface area contributed by atoms with E-state index >= 15 is 0 Å². The van der Waals surface area contributed by atoms with Gasteiger partial charge in [0, 0.05) is 55.4 Å². The zero-order valence-corrected chi connectivity index (χ0v) is 15.9. The van der Waals surface area contributed by atoms with Crippen molar-refractivity contribution in [1.29, 1.82) is 0 Å². The molecule has 4 rings (SSSR count). The Morgan fingerprint density at radius 1 is 1.19 bits per heavy atom. The van der Waals surface area contributed by atoms with Crippen molar-refractivity contribution in [3.05, 3.63) is 47.4 Å². The molecule has 1 aliphatic rings. The van der Waals surface area contributed by atoms with E-state index in [-0.39, 0.29) is 0 Å². The lowest BCUT2D eigenvalue weighted by atomic mass is 9.94. The molecule has 0 saturated carbocycles. The number of imidazole rings is 1. The summed E-state index contributed by atoms with van der Waals surface area (Å²) in [6.45, 7) is 4.99. The molecule has 0 aromatic carbocycles. The highest BCUT2D eigenvalue weighted by Gasteiger charge is 2.26. The molecular weight excluding hydrogens is 346 g/mol. The fourth-order valence-electron chi connectivity index (χ4n) is 3.43. The molecule has 3 aromatic heterocycles. The van der Waals surface area contributed by atoms with E-state index in [1.165, 1.54) is 4.88 Å². The van der Waals surface area contributed by atoms with E-state index in [2.05, 4.69) is 41.6 Å². The van der Waals surface area contributed by atoms with Gasteiger partial charge in [-0.15, -0.1) is 11.3 Å². The number of piperidine rings is 1. The third kappa shape index (κ3) is 3.76. The first kappa shape index (κ1) is 17.1. The first-order chi connectivity index (χ1) is 12.7.